The molecule has 0 saturated carbocycles. The Kier molecular flexibility index (Phi) is 4.54. The molecule has 0 amide bonds. The van der Waals surface area contributed by atoms with Crippen LogP contribution in [0.2, 0.25) is 0 Å². The van der Waals surface area contributed by atoms with E-state index in [-0.39, 0.29) is 5.97 Å². The van der Waals surface area contributed by atoms with Crippen LogP contribution in [0.1, 0.15) is 13.3 Å². The molecule has 0 spiro atoms. The fourth-order valence-corrected chi connectivity index (χ4v) is 2.02. The van der Waals surface area contributed by atoms with E-state index >= 15 is 0 Å². The molecule has 2 rings (SSSR count). The minimum absolute atomic E-state index is 0.225. The van der Waals surface area contributed by atoms with Gasteiger partial charge in [0.15, 0.2) is 0 Å². The topological polar surface area (TPSA) is 83.0 Å². The second-order valence-corrected chi connectivity index (χ2v) is 4.12. The van der Waals surface area contributed by atoms with Gasteiger partial charge in [0.2, 0.25) is 0 Å². The first kappa shape index (κ1) is 13.9. The normalized spacial score (nSPS) is 13.2. The van der Waals surface area contributed by atoms with Crippen LogP contribution in [-0.2, 0) is 9.53 Å². The van der Waals surface area contributed by atoms with E-state index in [1.807, 2.05) is 29.4 Å². The van der Waals surface area contributed by atoms with Gasteiger partial charge in [0.05, 0.1) is 24.0 Å². The van der Waals surface area contributed by atoms with Crippen LogP contribution in [-0.4, -0.2) is 19.1 Å². The monoisotopic (exact) mass is 276 g/mol. The lowest BCUT2D eigenvalue weighted by Gasteiger charge is -2.19. The van der Waals surface area contributed by atoms with Gasteiger partial charge in [-0.2, -0.15) is 0 Å². The molecule has 0 radical (unpaired) electrons. The molecule has 0 saturated heterocycles. The highest BCUT2D eigenvalue weighted by atomic mass is 16.5. The summed E-state index contributed by atoms with van der Waals surface area (Å²) in [6.07, 6.45) is 3.65. The van der Waals surface area contributed by atoms with Crippen molar-refractivity contribution in [1.82, 2.24) is 10.9 Å². The van der Waals surface area contributed by atoms with Gasteiger partial charge in [0, 0.05) is 29.4 Å². The molecule has 7 nitrogen and oxygen atoms in total. The van der Waals surface area contributed by atoms with Crippen LogP contribution in [0.25, 0.3) is 12.4 Å². The highest BCUT2D eigenvalue weighted by Crippen LogP contribution is 2.08. The number of nitrogens with zero attached hydrogens (tertiary/aromatic N) is 2. The number of nitrogens with one attached hydrogen (secondary N) is 2. The minimum atomic E-state index is -0.225. The number of carbonyl (C=O) groups excluding carboxylic acids is 1. The van der Waals surface area contributed by atoms with Crippen LogP contribution in [0.5, 0.6) is 0 Å². The van der Waals surface area contributed by atoms with Gasteiger partial charge in [-0.15, -0.1) is 4.91 Å². The van der Waals surface area contributed by atoms with Crippen molar-refractivity contribution in [2.75, 3.05) is 18.2 Å². The number of carbonyl (C=O) groups is 1. The molecule has 0 fully saturated rings. The van der Waals surface area contributed by atoms with Crippen LogP contribution in [0.4, 0.5) is 5.69 Å². The van der Waals surface area contributed by atoms with E-state index < -0.39 is 0 Å². The fraction of sp³-hybridized carbons (Fsp3) is 0.308. The summed E-state index contributed by atoms with van der Waals surface area (Å²) < 4.78 is 4.90. The van der Waals surface area contributed by atoms with Crippen LogP contribution < -0.4 is 26.3 Å². The van der Waals surface area contributed by atoms with Gasteiger partial charge in [-0.05, 0) is 13.0 Å². The molecule has 0 aromatic heterocycles. The summed E-state index contributed by atoms with van der Waals surface area (Å²) in [4.78, 5) is 21.5. The first-order valence-electron chi connectivity index (χ1n) is 6.33. The van der Waals surface area contributed by atoms with Crippen molar-refractivity contribution >= 4 is 24.1 Å². The number of hydrogen-bond donors (Lipinski definition) is 2. The second-order valence-electron chi connectivity index (χ2n) is 4.12. The zero-order chi connectivity index (χ0) is 14.4. The Morgan fingerprint density at radius 3 is 3.15 bits per heavy atom. The Bertz CT molecular complexity index is 615. The number of nitroso groups, excluding NO2 is 1. The molecule has 7 heteroatoms. The number of esters is 1. The number of fused-ring (bicyclic) bond motifs is 1. The average Bonchev–Trinajstić information content (AvgIpc) is 2.87. The molecule has 1 aromatic rings. The Morgan fingerprint density at radius 1 is 1.55 bits per heavy atom. The zero-order valence-corrected chi connectivity index (χ0v) is 11.1. The van der Waals surface area contributed by atoms with Crippen LogP contribution in [0.15, 0.2) is 23.5 Å². The summed E-state index contributed by atoms with van der Waals surface area (Å²) in [5, 5.41) is 6.23. The number of rotatable bonds is 6. The Hall–Kier alpha value is -2.57. The van der Waals surface area contributed by atoms with E-state index in [0.717, 1.165) is 16.1 Å². The maximum Gasteiger partial charge on any atom is 0.307 e. The van der Waals surface area contributed by atoms with Gasteiger partial charge in [-0.25, -0.2) is 5.43 Å². The van der Waals surface area contributed by atoms with E-state index in [1.165, 1.54) is 6.20 Å². The Labute approximate surface area is 115 Å². The van der Waals surface area contributed by atoms with E-state index in [9.17, 15) is 9.70 Å². The molecule has 106 valence electrons. The quantitative estimate of drug-likeness (QED) is 0.422. The predicted molar refractivity (Wildman–Crippen MR) is 75.3 cm³/mol. The molecule has 0 unspecified atom stereocenters. The molecule has 1 heterocycles. The number of anilines is 1. The lowest BCUT2D eigenvalue weighted by Crippen LogP contribution is -2.34. The summed E-state index contributed by atoms with van der Waals surface area (Å²) >= 11 is 0. The lowest BCUT2D eigenvalue weighted by atomic mass is 10.2. The second kappa shape index (κ2) is 6.55. The third kappa shape index (κ3) is 3.05. The fourth-order valence-electron chi connectivity index (χ4n) is 2.02. The van der Waals surface area contributed by atoms with Crippen molar-refractivity contribution in [2.24, 2.45) is 5.29 Å². The van der Waals surface area contributed by atoms with Crippen molar-refractivity contribution in [1.29, 1.82) is 0 Å². The number of benzene rings is 1. The molecule has 1 aliphatic rings. The molecule has 2 N–H and O–H groups in total. The summed E-state index contributed by atoms with van der Waals surface area (Å²) in [5.74, 6) is -0.225. The van der Waals surface area contributed by atoms with Crippen LogP contribution in [0, 0.1) is 4.91 Å². The van der Waals surface area contributed by atoms with E-state index in [1.54, 1.807) is 6.92 Å². The predicted octanol–water partition coefficient (Wildman–Crippen LogP) is -0.289. The standard InChI is InChI=1S/C13H16N4O3/c1-2-20-13(18)6-7-17-12-5-3-4-10(8-14-16-19)11(12)9-15-17/h3-5,8-9,15H,2,6-7H2,1H3,(H,14,19). The highest BCUT2D eigenvalue weighted by molar-refractivity contribution is 5.70. The largest absolute Gasteiger partial charge is 0.466 e. The van der Waals surface area contributed by atoms with Gasteiger partial charge in [0.1, 0.15) is 0 Å². The summed E-state index contributed by atoms with van der Waals surface area (Å²) in [7, 11) is 0. The Balaban J connectivity index is 2.12. The molecular formula is C13H16N4O3. The third-order valence-electron chi connectivity index (χ3n) is 2.89. The third-order valence-corrected chi connectivity index (χ3v) is 2.89. The van der Waals surface area contributed by atoms with Crippen LogP contribution >= 0.6 is 0 Å². The van der Waals surface area contributed by atoms with Gasteiger partial charge in [-0.3, -0.25) is 9.80 Å². The van der Waals surface area contributed by atoms with E-state index in [2.05, 4.69) is 16.1 Å². The molecule has 1 aromatic carbocycles. The first-order valence-corrected chi connectivity index (χ1v) is 6.33. The van der Waals surface area contributed by atoms with Crippen LogP contribution in [0.3, 0.4) is 0 Å². The number of hydrogen-bond acceptors (Lipinski definition) is 6. The first-order chi connectivity index (χ1) is 9.76. The maximum atomic E-state index is 11.4. The van der Waals surface area contributed by atoms with Gasteiger partial charge < -0.3 is 10.2 Å². The van der Waals surface area contributed by atoms with Gasteiger partial charge >= 0.3 is 5.97 Å². The lowest BCUT2D eigenvalue weighted by molar-refractivity contribution is -0.142. The molecule has 0 atom stereocenters. The Morgan fingerprint density at radius 2 is 2.40 bits per heavy atom. The number of hydrazine groups is 1. The molecular weight excluding hydrogens is 260 g/mol. The summed E-state index contributed by atoms with van der Waals surface area (Å²) in [6.45, 7) is 2.68. The van der Waals surface area contributed by atoms with Crippen molar-refractivity contribution in [3.8, 4) is 0 Å². The molecule has 0 bridgehead atoms. The zero-order valence-electron chi connectivity index (χ0n) is 11.1. The highest BCUT2D eigenvalue weighted by Gasteiger charge is 2.14. The average molecular weight is 276 g/mol. The van der Waals surface area contributed by atoms with Gasteiger partial charge in [-0.1, -0.05) is 12.1 Å². The van der Waals surface area contributed by atoms with Crippen molar-refractivity contribution in [3.05, 3.63) is 33.5 Å². The molecule has 1 aliphatic heterocycles. The SMILES string of the molecule is CCOC(=O)CCN1NC=c2c1cccc2=CNN=O. The summed E-state index contributed by atoms with van der Waals surface area (Å²) in [6, 6.07) is 5.67. The molecule has 0 aliphatic carbocycles. The van der Waals surface area contributed by atoms with E-state index in [4.69, 9.17) is 4.74 Å². The molecule has 20 heavy (non-hydrogen) atoms. The summed E-state index contributed by atoms with van der Waals surface area (Å²) in [5.41, 5.74) is 6.30. The minimum Gasteiger partial charge on any atom is -0.466 e. The van der Waals surface area contributed by atoms with Crippen molar-refractivity contribution in [2.45, 2.75) is 13.3 Å². The van der Waals surface area contributed by atoms with Crippen molar-refractivity contribution in [3.63, 3.8) is 0 Å². The maximum absolute atomic E-state index is 11.4. The van der Waals surface area contributed by atoms with Crippen molar-refractivity contribution < 1.29 is 9.53 Å². The smallest absolute Gasteiger partial charge is 0.307 e. The van der Waals surface area contributed by atoms with E-state index in [0.29, 0.717) is 19.6 Å². The van der Waals surface area contributed by atoms with Gasteiger partial charge in [0.25, 0.3) is 0 Å². The number of ether oxygens (including phenoxy) is 1.